The van der Waals surface area contributed by atoms with Gasteiger partial charge < -0.3 is 19.8 Å². The molecule has 2 aromatic carbocycles. The Balaban J connectivity index is 1.08. The van der Waals surface area contributed by atoms with E-state index < -0.39 is 0 Å². The molecule has 0 atom stereocenters. The van der Waals surface area contributed by atoms with Gasteiger partial charge in [0.05, 0.1) is 18.6 Å². The maximum absolute atomic E-state index is 6.25. The molecule has 0 aliphatic carbocycles. The molecule has 0 spiro atoms. The number of nitrogen functional groups attached to an aromatic ring is 1. The summed E-state index contributed by atoms with van der Waals surface area (Å²) in [4.78, 5) is 14.1. The highest BCUT2D eigenvalue weighted by atomic mass is 16.5. The van der Waals surface area contributed by atoms with Gasteiger partial charge in [0, 0.05) is 50.0 Å². The number of piperazine rings is 1. The van der Waals surface area contributed by atoms with Crippen molar-refractivity contribution in [1.82, 2.24) is 24.5 Å². The molecular formula is C31H35N7O2. The highest BCUT2D eigenvalue weighted by Gasteiger charge is 2.18. The van der Waals surface area contributed by atoms with Crippen LogP contribution in [0.5, 0.6) is 5.75 Å². The summed E-state index contributed by atoms with van der Waals surface area (Å²) in [5.74, 6) is 2.96. The third-order valence-corrected chi connectivity index (χ3v) is 7.26. The van der Waals surface area contributed by atoms with Crippen molar-refractivity contribution >= 4 is 17.3 Å². The van der Waals surface area contributed by atoms with Gasteiger partial charge in [-0.25, -0.2) is 9.97 Å². The lowest BCUT2D eigenvalue weighted by Crippen LogP contribution is -2.45. The highest BCUT2D eigenvalue weighted by Crippen LogP contribution is 2.25. The summed E-state index contributed by atoms with van der Waals surface area (Å²) in [6, 6.07) is 22.5. The van der Waals surface area contributed by atoms with Gasteiger partial charge in [-0.1, -0.05) is 32.0 Å². The minimum atomic E-state index is 0.287. The van der Waals surface area contributed by atoms with E-state index in [1.54, 1.807) is 6.26 Å². The number of nitrogens with two attached hydrogens (primary N) is 1. The quantitative estimate of drug-likeness (QED) is 0.268. The molecule has 206 valence electrons. The van der Waals surface area contributed by atoms with Crippen LogP contribution in [-0.4, -0.2) is 57.3 Å². The van der Waals surface area contributed by atoms with Gasteiger partial charge in [0.25, 0.3) is 0 Å². The highest BCUT2D eigenvalue weighted by molar-refractivity contribution is 5.67. The van der Waals surface area contributed by atoms with E-state index in [2.05, 4.69) is 87.2 Å². The van der Waals surface area contributed by atoms with Crippen molar-refractivity contribution in [2.24, 2.45) is 5.92 Å². The molecule has 9 nitrogen and oxygen atoms in total. The van der Waals surface area contributed by atoms with E-state index in [0.29, 0.717) is 23.1 Å². The van der Waals surface area contributed by atoms with Crippen LogP contribution in [0, 0.1) is 5.92 Å². The van der Waals surface area contributed by atoms with E-state index in [0.717, 1.165) is 62.8 Å². The normalized spacial score (nSPS) is 14.3. The van der Waals surface area contributed by atoms with Crippen molar-refractivity contribution in [3.05, 3.63) is 78.6 Å². The van der Waals surface area contributed by atoms with Crippen LogP contribution in [0.4, 0.5) is 11.6 Å². The molecule has 0 radical (unpaired) electrons. The van der Waals surface area contributed by atoms with Gasteiger partial charge in [-0.05, 0) is 60.4 Å². The molecule has 1 aliphatic heterocycles. The monoisotopic (exact) mass is 537 g/mol. The summed E-state index contributed by atoms with van der Waals surface area (Å²) >= 11 is 0. The maximum Gasteiger partial charge on any atom is 0.223 e. The predicted octanol–water partition coefficient (Wildman–Crippen LogP) is 5.38. The second kappa shape index (κ2) is 11.4. The summed E-state index contributed by atoms with van der Waals surface area (Å²) < 4.78 is 12.9. The molecule has 40 heavy (non-hydrogen) atoms. The second-order valence-corrected chi connectivity index (χ2v) is 10.7. The van der Waals surface area contributed by atoms with E-state index >= 15 is 0 Å². The molecule has 0 unspecified atom stereocenters. The Labute approximate surface area is 234 Å². The zero-order valence-electron chi connectivity index (χ0n) is 23.0. The van der Waals surface area contributed by atoms with Crippen LogP contribution in [0.3, 0.4) is 0 Å². The lowest BCUT2D eigenvalue weighted by atomic mass is 10.1. The van der Waals surface area contributed by atoms with Gasteiger partial charge in [-0.2, -0.15) is 4.52 Å². The lowest BCUT2D eigenvalue weighted by molar-refractivity contribution is 0.250. The Morgan fingerprint density at radius 1 is 0.950 bits per heavy atom. The molecule has 0 saturated carbocycles. The van der Waals surface area contributed by atoms with Gasteiger partial charge in [0.1, 0.15) is 5.75 Å². The minimum absolute atomic E-state index is 0.287. The summed E-state index contributed by atoms with van der Waals surface area (Å²) in [7, 11) is 0. The third kappa shape index (κ3) is 5.79. The van der Waals surface area contributed by atoms with Gasteiger partial charge in [0.2, 0.25) is 11.8 Å². The first-order chi connectivity index (χ1) is 19.5. The molecule has 1 aliphatic rings. The molecule has 0 amide bonds. The first-order valence-electron chi connectivity index (χ1n) is 13.9. The Morgan fingerprint density at radius 3 is 2.52 bits per heavy atom. The number of nitrogens with zero attached hydrogens (tertiary/aromatic N) is 6. The van der Waals surface area contributed by atoms with Crippen molar-refractivity contribution in [2.75, 3.05) is 43.4 Å². The summed E-state index contributed by atoms with van der Waals surface area (Å²) in [5, 5.41) is 4.44. The first-order valence-corrected chi connectivity index (χ1v) is 13.9. The Morgan fingerprint density at radius 2 is 1.77 bits per heavy atom. The molecule has 4 heterocycles. The topological polar surface area (TPSA) is 98.0 Å². The smallest absolute Gasteiger partial charge is 0.223 e. The van der Waals surface area contributed by atoms with Crippen molar-refractivity contribution in [1.29, 1.82) is 0 Å². The zero-order chi connectivity index (χ0) is 27.5. The van der Waals surface area contributed by atoms with E-state index in [4.69, 9.17) is 14.9 Å². The number of fused-ring (bicyclic) bond motifs is 1. The molecule has 2 N–H and O–H groups in total. The average Bonchev–Trinajstić information content (AvgIpc) is 3.65. The van der Waals surface area contributed by atoms with Crippen LogP contribution in [-0.2, 0) is 6.54 Å². The zero-order valence-corrected chi connectivity index (χ0v) is 23.0. The van der Waals surface area contributed by atoms with E-state index in [9.17, 15) is 0 Å². The van der Waals surface area contributed by atoms with Crippen LogP contribution >= 0.6 is 0 Å². The fourth-order valence-electron chi connectivity index (χ4n) is 4.99. The van der Waals surface area contributed by atoms with Gasteiger partial charge in [-0.3, -0.25) is 4.90 Å². The standard InChI is InChI=1S/C31H35N7O2/c1-22(2)12-18-39-26-10-8-25(9-11-26)37-15-13-36(14-16-37)21-23-5-3-6-24(19-23)27-20-29-34-30(28-7-4-17-40-28)35-38(29)31(32)33-27/h3-11,17,19-20,22H,12-16,18,21H2,1-2H3,(H2,32,33). The summed E-state index contributed by atoms with van der Waals surface area (Å²) in [6.45, 7) is 10.1. The number of anilines is 2. The second-order valence-electron chi connectivity index (χ2n) is 10.7. The van der Waals surface area contributed by atoms with Gasteiger partial charge >= 0.3 is 0 Å². The fourth-order valence-corrected chi connectivity index (χ4v) is 4.99. The Bertz CT molecular complexity index is 1550. The molecular weight excluding hydrogens is 502 g/mol. The van der Waals surface area contributed by atoms with Crippen LogP contribution in [0.25, 0.3) is 28.5 Å². The number of rotatable bonds is 9. The number of ether oxygens (including phenoxy) is 1. The van der Waals surface area contributed by atoms with Crippen molar-refractivity contribution < 1.29 is 9.15 Å². The van der Waals surface area contributed by atoms with Crippen molar-refractivity contribution in [2.45, 2.75) is 26.8 Å². The summed E-state index contributed by atoms with van der Waals surface area (Å²) in [5.41, 5.74) is 11.1. The lowest BCUT2D eigenvalue weighted by Gasteiger charge is -2.36. The fraction of sp³-hybridized carbons (Fsp3) is 0.323. The van der Waals surface area contributed by atoms with Crippen molar-refractivity contribution in [3.63, 3.8) is 0 Å². The van der Waals surface area contributed by atoms with Crippen LogP contribution in [0.1, 0.15) is 25.8 Å². The number of hydrogen-bond donors (Lipinski definition) is 1. The van der Waals surface area contributed by atoms with Crippen molar-refractivity contribution in [3.8, 4) is 28.6 Å². The van der Waals surface area contributed by atoms with E-state index in [-0.39, 0.29) is 5.95 Å². The largest absolute Gasteiger partial charge is 0.494 e. The number of aromatic nitrogens is 4. The van der Waals surface area contributed by atoms with Gasteiger partial charge in [-0.15, -0.1) is 5.10 Å². The maximum atomic E-state index is 6.25. The van der Waals surface area contributed by atoms with Crippen LogP contribution in [0.15, 0.2) is 77.4 Å². The van der Waals surface area contributed by atoms with Crippen LogP contribution in [0.2, 0.25) is 0 Å². The number of benzene rings is 2. The third-order valence-electron chi connectivity index (χ3n) is 7.26. The Kier molecular flexibility index (Phi) is 7.37. The molecule has 9 heteroatoms. The molecule has 1 saturated heterocycles. The number of furan rings is 1. The van der Waals surface area contributed by atoms with Gasteiger partial charge in [0.15, 0.2) is 11.4 Å². The SMILES string of the molecule is CC(C)CCOc1ccc(N2CCN(Cc3cccc(-c4cc5nc(-c6ccco6)nn5c(N)n4)c3)CC2)cc1. The Hall–Kier alpha value is -4.37. The molecule has 6 rings (SSSR count). The molecule has 3 aromatic heterocycles. The average molecular weight is 538 g/mol. The number of hydrogen-bond acceptors (Lipinski definition) is 8. The minimum Gasteiger partial charge on any atom is -0.494 e. The molecule has 5 aromatic rings. The predicted molar refractivity (Wildman–Crippen MR) is 157 cm³/mol. The summed E-state index contributed by atoms with van der Waals surface area (Å²) in [6.07, 6.45) is 2.67. The molecule has 0 bridgehead atoms. The molecule has 1 fully saturated rings. The first kappa shape index (κ1) is 25.9. The van der Waals surface area contributed by atoms with Crippen LogP contribution < -0.4 is 15.4 Å². The van der Waals surface area contributed by atoms with E-state index in [1.165, 1.54) is 15.8 Å². The van der Waals surface area contributed by atoms with E-state index in [1.807, 2.05) is 18.2 Å².